The fraction of sp³-hybridized carbons (Fsp3) is 0.444. The van der Waals surface area contributed by atoms with Gasteiger partial charge < -0.3 is 19.9 Å². The SMILES string of the molecule is CC(C)NC(=O)NCc1ccc(C(=O)OCc2nc(C(C)C)no2)cc1. The highest BCUT2D eigenvalue weighted by atomic mass is 16.6. The van der Waals surface area contributed by atoms with Gasteiger partial charge in [0.05, 0.1) is 5.56 Å². The van der Waals surface area contributed by atoms with Crippen molar-refractivity contribution < 1.29 is 18.8 Å². The van der Waals surface area contributed by atoms with E-state index in [2.05, 4.69) is 20.8 Å². The van der Waals surface area contributed by atoms with Crippen molar-refractivity contribution in [2.75, 3.05) is 0 Å². The first-order valence-electron chi connectivity index (χ1n) is 8.48. The molecule has 2 amide bonds. The molecule has 0 radical (unpaired) electrons. The molecule has 0 aliphatic carbocycles. The first-order valence-corrected chi connectivity index (χ1v) is 8.48. The van der Waals surface area contributed by atoms with Gasteiger partial charge in [-0.2, -0.15) is 4.98 Å². The molecule has 0 atom stereocenters. The minimum Gasteiger partial charge on any atom is -0.452 e. The van der Waals surface area contributed by atoms with Gasteiger partial charge in [-0.05, 0) is 31.5 Å². The predicted octanol–water partition coefficient (Wildman–Crippen LogP) is 2.76. The van der Waals surface area contributed by atoms with E-state index in [1.54, 1.807) is 24.3 Å². The van der Waals surface area contributed by atoms with Crippen LogP contribution in [0.1, 0.15) is 61.2 Å². The minimum absolute atomic E-state index is 0.0719. The molecule has 140 valence electrons. The first-order chi connectivity index (χ1) is 12.3. The molecule has 0 saturated heterocycles. The van der Waals surface area contributed by atoms with E-state index in [-0.39, 0.29) is 30.5 Å². The number of urea groups is 1. The number of nitrogens with one attached hydrogen (secondary N) is 2. The van der Waals surface area contributed by atoms with Gasteiger partial charge in [-0.15, -0.1) is 0 Å². The summed E-state index contributed by atoms with van der Waals surface area (Å²) >= 11 is 0. The van der Waals surface area contributed by atoms with E-state index in [1.807, 2.05) is 27.7 Å². The van der Waals surface area contributed by atoms with Gasteiger partial charge >= 0.3 is 12.0 Å². The molecule has 0 aliphatic rings. The molecule has 0 bridgehead atoms. The minimum atomic E-state index is -0.480. The van der Waals surface area contributed by atoms with Crippen LogP contribution < -0.4 is 10.6 Å². The Labute approximate surface area is 152 Å². The van der Waals surface area contributed by atoms with E-state index in [9.17, 15) is 9.59 Å². The Kier molecular flexibility index (Phi) is 6.71. The molecule has 2 aromatic rings. The number of hydrogen-bond acceptors (Lipinski definition) is 6. The van der Waals surface area contributed by atoms with E-state index in [4.69, 9.17) is 9.26 Å². The number of esters is 1. The Morgan fingerprint density at radius 1 is 1.15 bits per heavy atom. The van der Waals surface area contributed by atoms with Crippen molar-refractivity contribution in [3.63, 3.8) is 0 Å². The number of aromatic nitrogens is 2. The number of benzene rings is 1. The maximum absolute atomic E-state index is 12.1. The van der Waals surface area contributed by atoms with E-state index >= 15 is 0 Å². The van der Waals surface area contributed by atoms with Crippen molar-refractivity contribution in [3.05, 3.63) is 47.1 Å². The Morgan fingerprint density at radius 2 is 1.85 bits per heavy atom. The number of nitrogens with zero attached hydrogens (tertiary/aromatic N) is 2. The van der Waals surface area contributed by atoms with Gasteiger partial charge in [-0.1, -0.05) is 31.1 Å². The van der Waals surface area contributed by atoms with Gasteiger partial charge in [0.1, 0.15) is 0 Å². The van der Waals surface area contributed by atoms with Gasteiger partial charge in [-0.3, -0.25) is 0 Å². The number of carbonyl (C=O) groups excluding carboxylic acids is 2. The molecule has 1 aromatic heterocycles. The lowest BCUT2D eigenvalue weighted by Gasteiger charge is -2.10. The summed E-state index contributed by atoms with van der Waals surface area (Å²) in [4.78, 5) is 27.8. The van der Waals surface area contributed by atoms with Gasteiger partial charge in [0.15, 0.2) is 12.4 Å². The number of hydrogen-bond donors (Lipinski definition) is 2. The predicted molar refractivity (Wildman–Crippen MR) is 94.5 cm³/mol. The van der Waals surface area contributed by atoms with Crippen molar-refractivity contribution in [2.24, 2.45) is 0 Å². The summed E-state index contributed by atoms with van der Waals surface area (Å²) in [6.07, 6.45) is 0. The van der Waals surface area contributed by atoms with E-state index in [1.165, 1.54) is 0 Å². The van der Waals surface area contributed by atoms with Gasteiger partial charge in [-0.25, -0.2) is 9.59 Å². The zero-order valence-electron chi connectivity index (χ0n) is 15.4. The lowest BCUT2D eigenvalue weighted by Crippen LogP contribution is -2.39. The second-order valence-electron chi connectivity index (χ2n) is 6.46. The molecule has 0 fully saturated rings. The highest BCUT2D eigenvalue weighted by Crippen LogP contribution is 2.11. The average Bonchev–Trinajstić information content (AvgIpc) is 3.07. The molecule has 0 aliphatic heterocycles. The quantitative estimate of drug-likeness (QED) is 0.735. The number of carbonyl (C=O) groups is 2. The summed E-state index contributed by atoms with van der Waals surface area (Å²) in [5.41, 5.74) is 1.28. The van der Waals surface area contributed by atoms with Crippen molar-refractivity contribution >= 4 is 12.0 Å². The Balaban J connectivity index is 1.83. The van der Waals surface area contributed by atoms with E-state index in [0.717, 1.165) is 5.56 Å². The Bertz CT molecular complexity index is 738. The summed E-state index contributed by atoms with van der Waals surface area (Å²) in [5, 5.41) is 9.30. The van der Waals surface area contributed by atoms with Gasteiger partial charge in [0, 0.05) is 18.5 Å². The van der Waals surface area contributed by atoms with Gasteiger partial charge in [0.2, 0.25) is 0 Å². The Hall–Kier alpha value is -2.90. The maximum Gasteiger partial charge on any atom is 0.338 e. The molecule has 8 nitrogen and oxygen atoms in total. The molecular formula is C18H24N4O4. The molecule has 0 unspecified atom stereocenters. The van der Waals surface area contributed by atoms with E-state index < -0.39 is 5.97 Å². The number of amides is 2. The zero-order valence-corrected chi connectivity index (χ0v) is 15.4. The second kappa shape index (κ2) is 8.98. The van der Waals surface area contributed by atoms with Crippen molar-refractivity contribution in [1.29, 1.82) is 0 Å². The molecule has 26 heavy (non-hydrogen) atoms. The summed E-state index contributed by atoms with van der Waals surface area (Å²) in [6, 6.07) is 6.65. The highest BCUT2D eigenvalue weighted by molar-refractivity contribution is 5.89. The van der Waals surface area contributed by atoms with Crippen LogP contribution in [0, 0.1) is 0 Å². The van der Waals surface area contributed by atoms with Crippen LogP contribution in [0.2, 0.25) is 0 Å². The molecule has 2 N–H and O–H groups in total. The Morgan fingerprint density at radius 3 is 2.42 bits per heavy atom. The number of ether oxygens (including phenoxy) is 1. The van der Waals surface area contributed by atoms with Crippen LogP contribution in [-0.4, -0.2) is 28.2 Å². The van der Waals surface area contributed by atoms with Gasteiger partial charge in [0.25, 0.3) is 5.89 Å². The zero-order chi connectivity index (χ0) is 19.1. The molecule has 2 rings (SSSR count). The van der Waals surface area contributed by atoms with Crippen LogP contribution in [0.5, 0.6) is 0 Å². The molecule has 0 spiro atoms. The third kappa shape index (κ3) is 5.87. The highest BCUT2D eigenvalue weighted by Gasteiger charge is 2.13. The van der Waals surface area contributed by atoms with Crippen molar-refractivity contribution in [1.82, 2.24) is 20.8 Å². The average molecular weight is 360 g/mol. The third-order valence-electron chi connectivity index (χ3n) is 3.39. The summed E-state index contributed by atoms with van der Waals surface area (Å²) in [7, 11) is 0. The molecule has 0 saturated carbocycles. The lowest BCUT2D eigenvalue weighted by atomic mass is 10.1. The largest absolute Gasteiger partial charge is 0.452 e. The number of rotatable bonds is 7. The second-order valence-corrected chi connectivity index (χ2v) is 6.46. The van der Waals surface area contributed by atoms with Crippen molar-refractivity contribution in [3.8, 4) is 0 Å². The first kappa shape index (κ1) is 19.4. The normalized spacial score (nSPS) is 10.8. The summed E-state index contributed by atoms with van der Waals surface area (Å²) in [5.74, 6) is 0.506. The van der Waals surface area contributed by atoms with Crippen LogP contribution in [0.25, 0.3) is 0 Å². The molecule has 8 heteroatoms. The monoisotopic (exact) mass is 360 g/mol. The third-order valence-corrected chi connectivity index (χ3v) is 3.39. The standard InChI is InChI=1S/C18H24N4O4/c1-11(2)16-21-15(26-22-16)10-25-17(23)14-7-5-13(6-8-14)9-19-18(24)20-12(3)4/h5-8,11-12H,9-10H2,1-4H3,(H2,19,20,24). The van der Waals surface area contributed by atoms with Crippen LogP contribution in [0.3, 0.4) is 0 Å². The van der Waals surface area contributed by atoms with E-state index in [0.29, 0.717) is 17.9 Å². The smallest absolute Gasteiger partial charge is 0.338 e. The van der Waals surface area contributed by atoms with Crippen molar-refractivity contribution in [2.45, 2.75) is 52.8 Å². The summed E-state index contributed by atoms with van der Waals surface area (Å²) in [6.45, 7) is 7.97. The molecular weight excluding hydrogens is 336 g/mol. The lowest BCUT2D eigenvalue weighted by molar-refractivity contribution is 0.0429. The van der Waals surface area contributed by atoms with Crippen LogP contribution in [-0.2, 0) is 17.9 Å². The molecule has 1 aromatic carbocycles. The summed E-state index contributed by atoms with van der Waals surface area (Å²) < 4.78 is 10.2. The maximum atomic E-state index is 12.1. The topological polar surface area (TPSA) is 106 Å². The fourth-order valence-corrected chi connectivity index (χ4v) is 2.03. The van der Waals surface area contributed by atoms with Crippen LogP contribution in [0.4, 0.5) is 4.79 Å². The van der Waals surface area contributed by atoms with Crippen LogP contribution in [0.15, 0.2) is 28.8 Å². The molecule has 1 heterocycles. The van der Waals surface area contributed by atoms with Crippen LogP contribution >= 0.6 is 0 Å². The fourth-order valence-electron chi connectivity index (χ4n) is 2.03.